The summed E-state index contributed by atoms with van der Waals surface area (Å²) in [6.45, 7) is 3.06. The Hall–Kier alpha value is -9.61. The van der Waals surface area contributed by atoms with Crippen molar-refractivity contribution < 1.29 is 35.4 Å². The lowest BCUT2D eigenvalue weighted by Gasteiger charge is -2.42. The fraction of sp³-hybridized carbons (Fsp3) is 0.0952. The van der Waals surface area contributed by atoms with Gasteiger partial charge in [-0.1, -0.05) is 36.4 Å². The minimum atomic E-state index is -0.0775. The number of carbonyl (C=O) groups excluding carboxylic acids is 1. The van der Waals surface area contributed by atoms with Gasteiger partial charge in [0.25, 0.3) is 0 Å². The van der Waals surface area contributed by atoms with E-state index in [0.717, 1.165) is 33.4 Å². The summed E-state index contributed by atoms with van der Waals surface area (Å²) in [6, 6.07) is 48.9. The van der Waals surface area contributed by atoms with E-state index in [2.05, 4.69) is 19.9 Å². The number of carbonyl (C=O) groups is 1. The molecule has 11 nitrogen and oxygen atoms in total. The predicted octanol–water partition coefficient (Wildman–Crippen LogP) is 12.5. The quantitative estimate of drug-likeness (QED) is 0.0967. The number of rotatable bonds is 2. The minimum absolute atomic E-state index is 0.0711. The Labute approximate surface area is 427 Å². The van der Waals surface area contributed by atoms with E-state index in [0.29, 0.717) is 0 Å². The molecule has 0 fully saturated rings. The second kappa shape index (κ2) is 20.6. The van der Waals surface area contributed by atoms with Crippen molar-refractivity contribution in [2.24, 2.45) is 0 Å². The van der Waals surface area contributed by atoms with E-state index in [1.807, 2.05) is 84.9 Å². The van der Waals surface area contributed by atoms with Crippen molar-refractivity contribution in [1.29, 1.82) is 0 Å². The molecule has 0 aliphatic heterocycles. The van der Waals surface area contributed by atoms with Crippen LogP contribution in [-0.2, 0) is 4.79 Å². The van der Waals surface area contributed by atoms with Gasteiger partial charge in [-0.2, -0.15) is 0 Å². The van der Waals surface area contributed by atoms with E-state index < -0.39 is 0 Å². The van der Waals surface area contributed by atoms with E-state index in [1.165, 1.54) is 69.5 Å². The molecule has 11 heteroatoms. The third kappa shape index (κ3) is 9.61. The summed E-state index contributed by atoms with van der Waals surface area (Å²) in [7, 11) is 0. The van der Waals surface area contributed by atoms with Crippen LogP contribution >= 0.6 is 0 Å². The first-order valence-electron chi connectivity index (χ1n) is 24.0. The van der Waals surface area contributed by atoms with Crippen molar-refractivity contribution in [2.45, 2.75) is 37.5 Å². The number of hydrogen-bond donors (Lipinski definition) is 6. The highest BCUT2D eigenvalue weighted by atomic mass is 16.3. The molecule has 6 aromatic carbocycles. The Kier molecular flexibility index (Phi) is 13.4. The van der Waals surface area contributed by atoms with Crippen LogP contribution in [0.25, 0.3) is 22.3 Å². The Morgan fingerprint density at radius 1 is 0.270 bits per heavy atom. The molecule has 0 unspecified atom stereocenters. The average Bonchev–Trinajstić information content (AvgIpc) is 3.45. The lowest BCUT2D eigenvalue weighted by molar-refractivity contribution is -0.115. The molecule has 4 bridgehead atoms. The lowest BCUT2D eigenvalue weighted by Crippen LogP contribution is -2.27. The number of aromatic hydroxyl groups is 6. The average molecular weight is 975 g/mol. The van der Waals surface area contributed by atoms with E-state index >= 15 is 0 Å². The van der Waals surface area contributed by atoms with Crippen molar-refractivity contribution in [3.8, 4) is 56.8 Å². The molecule has 0 atom stereocenters. The number of ketones is 1. The van der Waals surface area contributed by atoms with Crippen molar-refractivity contribution in [3.05, 3.63) is 274 Å². The molecule has 364 valence electrons. The molecule has 4 heterocycles. The third-order valence-corrected chi connectivity index (χ3v) is 13.5. The maximum Gasteiger partial charge on any atom is 0.126 e. The normalized spacial score (nSPS) is 15.8. The molecule has 0 saturated carbocycles. The Bertz CT molecular complexity index is 3080. The van der Waals surface area contributed by atoms with Crippen LogP contribution in [0.4, 0.5) is 0 Å². The number of nitrogens with zero attached hydrogens (tertiary/aromatic N) is 4. The molecular formula is C63H50N4O7. The number of aromatic nitrogens is 4. The van der Waals surface area contributed by atoms with Crippen LogP contribution in [-0.4, -0.2) is 56.4 Å². The number of phenols is 6. The molecule has 6 aliphatic rings. The minimum Gasteiger partial charge on any atom is -0.508 e. The molecule has 0 spiro atoms. The van der Waals surface area contributed by atoms with Gasteiger partial charge in [-0.3, -0.25) is 19.9 Å². The first-order valence-corrected chi connectivity index (χ1v) is 24.0. The largest absolute Gasteiger partial charge is 0.508 e. The topological polar surface area (TPSA) is 190 Å². The molecule has 74 heavy (non-hydrogen) atoms. The van der Waals surface area contributed by atoms with Crippen LogP contribution in [0.15, 0.2) is 207 Å². The highest BCUT2D eigenvalue weighted by Gasteiger charge is 2.43. The first-order chi connectivity index (χ1) is 35.9. The summed E-state index contributed by atoms with van der Waals surface area (Å²) < 4.78 is 0. The zero-order valence-electron chi connectivity index (χ0n) is 40.3. The molecule has 0 saturated heterocycles. The van der Waals surface area contributed by atoms with Crippen LogP contribution < -0.4 is 0 Å². The predicted molar refractivity (Wildman–Crippen MR) is 284 cm³/mol. The van der Waals surface area contributed by atoms with Crippen molar-refractivity contribution >= 4 is 5.78 Å². The fourth-order valence-electron chi connectivity index (χ4n) is 10.6. The molecule has 16 rings (SSSR count). The van der Waals surface area contributed by atoms with Gasteiger partial charge in [-0.15, -0.1) is 0 Å². The second-order valence-corrected chi connectivity index (χ2v) is 18.5. The summed E-state index contributed by atoms with van der Waals surface area (Å²) in [5.74, 6) is 1.57. The molecule has 6 aliphatic carbocycles. The van der Waals surface area contributed by atoms with Gasteiger partial charge in [0.1, 0.15) is 40.3 Å². The van der Waals surface area contributed by atoms with E-state index in [9.17, 15) is 35.4 Å². The number of hydrogen-bond acceptors (Lipinski definition) is 11. The highest BCUT2D eigenvalue weighted by Crippen LogP contribution is 2.58. The van der Waals surface area contributed by atoms with E-state index in [-0.39, 0.29) is 64.0 Å². The lowest BCUT2D eigenvalue weighted by atomic mass is 9.61. The van der Waals surface area contributed by atoms with Crippen LogP contribution in [0.2, 0.25) is 0 Å². The van der Waals surface area contributed by atoms with Gasteiger partial charge >= 0.3 is 0 Å². The molecule has 0 radical (unpaired) electrons. The third-order valence-electron chi connectivity index (χ3n) is 13.5. The van der Waals surface area contributed by atoms with Crippen LogP contribution in [0, 0.1) is 0 Å². The standard InChI is InChI=1S/2C20H14O3.2C10H8N2.C3H6O/c2*21-10-1-4-13-16(7-10)20-17-8-11(22)2-5-14(17)19(13)15-6-3-12(23)9-18(15)20;2*1-5-11-6-2-9(1)10-3-7-12-8-4-10;1-3(2)4/h2*1-9,19-23H;2*1-8H;1-2H3. The summed E-state index contributed by atoms with van der Waals surface area (Å²) >= 11 is 0. The monoisotopic (exact) mass is 974 g/mol. The second-order valence-electron chi connectivity index (χ2n) is 18.5. The maximum absolute atomic E-state index is 9.92. The number of benzene rings is 6. The Balaban J connectivity index is 0.000000115. The summed E-state index contributed by atoms with van der Waals surface area (Å²) in [6.07, 6.45) is 14.3. The molecule has 10 aromatic rings. The Morgan fingerprint density at radius 3 is 0.581 bits per heavy atom. The first kappa shape index (κ1) is 48.0. The summed E-state index contributed by atoms with van der Waals surface area (Å²) in [5, 5.41) is 59.5. The van der Waals surface area contributed by atoms with Crippen LogP contribution in [0.1, 0.15) is 104 Å². The van der Waals surface area contributed by atoms with Gasteiger partial charge in [0.15, 0.2) is 0 Å². The summed E-state index contributed by atoms with van der Waals surface area (Å²) in [5.41, 5.74) is 18.1. The summed E-state index contributed by atoms with van der Waals surface area (Å²) in [4.78, 5) is 25.3. The van der Waals surface area contributed by atoms with Crippen LogP contribution in [0.3, 0.4) is 0 Å². The van der Waals surface area contributed by atoms with Crippen molar-refractivity contribution in [1.82, 2.24) is 19.9 Å². The number of phenolic OH excluding ortho intramolecular Hbond substituents is 6. The highest BCUT2D eigenvalue weighted by molar-refractivity contribution is 5.73. The van der Waals surface area contributed by atoms with Crippen molar-refractivity contribution in [2.75, 3.05) is 0 Å². The number of pyridine rings is 4. The SMILES string of the molecule is CC(C)=O.Oc1ccc2c(c1)C1c3cc(O)ccc3C2c2ccc(O)cc21.Oc1ccc2c(c1)C1c3cc(O)ccc3C2c2ccc(O)cc21.c1cc(-c2ccncc2)ccn1.c1cc(-c2ccncc2)ccn1. The maximum atomic E-state index is 9.92. The van der Waals surface area contributed by atoms with Gasteiger partial charge in [0, 0.05) is 73.2 Å². The van der Waals surface area contributed by atoms with Gasteiger partial charge in [0.05, 0.1) is 0 Å². The van der Waals surface area contributed by atoms with E-state index in [1.54, 1.807) is 122 Å². The number of Topliss-reactive ketones (excluding diaryl/α,β-unsaturated/α-hetero) is 1. The van der Waals surface area contributed by atoms with Gasteiger partial charge in [-0.05, 0) is 224 Å². The van der Waals surface area contributed by atoms with Gasteiger partial charge in [-0.25, -0.2) is 0 Å². The van der Waals surface area contributed by atoms with Crippen LogP contribution in [0.5, 0.6) is 34.5 Å². The van der Waals surface area contributed by atoms with Gasteiger partial charge in [0.2, 0.25) is 0 Å². The zero-order chi connectivity index (χ0) is 51.5. The van der Waals surface area contributed by atoms with E-state index in [4.69, 9.17) is 0 Å². The molecule has 6 N–H and O–H groups in total. The fourth-order valence-corrected chi connectivity index (χ4v) is 10.6. The van der Waals surface area contributed by atoms with Gasteiger partial charge < -0.3 is 35.4 Å². The molecule has 0 amide bonds. The molecular weight excluding hydrogens is 925 g/mol. The molecule has 4 aromatic heterocycles. The zero-order valence-corrected chi connectivity index (χ0v) is 40.3. The smallest absolute Gasteiger partial charge is 0.126 e. The van der Waals surface area contributed by atoms with Crippen molar-refractivity contribution in [3.63, 3.8) is 0 Å². The Morgan fingerprint density at radius 2 is 0.419 bits per heavy atom.